The highest BCUT2D eigenvalue weighted by atomic mass is 28.4. The zero-order chi connectivity index (χ0) is 40.5. The van der Waals surface area contributed by atoms with Crippen LogP contribution in [0.2, 0.25) is 36.3 Å². The molecule has 2 rings (SSSR count). The molecule has 5 nitrogen and oxygen atoms in total. The SMILES string of the molecule is COCCOCO[C@]1(C)CC[C@H]2C(C)(C)[C@@H](O[Si](C)(C)C(C)(C)C)CC[C@]2(C)[C@H]1CC/C=C(\C)CC/C=C(\C)CC/C=C(\C)CO[Si](C)(C)C(C)(C)C. The molecule has 0 saturated heterocycles. The van der Waals surface area contributed by atoms with E-state index in [0.29, 0.717) is 37.9 Å². The smallest absolute Gasteiger partial charge is 0.192 e. The Morgan fingerprint density at radius 1 is 0.717 bits per heavy atom. The van der Waals surface area contributed by atoms with Gasteiger partial charge >= 0.3 is 0 Å². The predicted molar refractivity (Wildman–Crippen MR) is 234 cm³/mol. The van der Waals surface area contributed by atoms with Crippen molar-refractivity contribution in [3.8, 4) is 0 Å². The van der Waals surface area contributed by atoms with Crippen LogP contribution >= 0.6 is 0 Å². The van der Waals surface area contributed by atoms with E-state index in [2.05, 4.69) is 134 Å². The summed E-state index contributed by atoms with van der Waals surface area (Å²) in [7, 11) is -1.87. The Morgan fingerprint density at radius 2 is 1.26 bits per heavy atom. The van der Waals surface area contributed by atoms with Crippen molar-refractivity contribution < 1.29 is 23.1 Å². The van der Waals surface area contributed by atoms with Crippen molar-refractivity contribution in [3.63, 3.8) is 0 Å². The Kier molecular flexibility index (Phi) is 18.1. The summed E-state index contributed by atoms with van der Waals surface area (Å²) in [5.74, 6) is 1.04. The highest BCUT2D eigenvalue weighted by Gasteiger charge is 2.61. The average Bonchev–Trinajstić information content (AvgIpc) is 3.02. The lowest BCUT2D eigenvalue weighted by atomic mass is 9.44. The van der Waals surface area contributed by atoms with E-state index < -0.39 is 16.6 Å². The van der Waals surface area contributed by atoms with Gasteiger partial charge in [-0.05, 0) is 151 Å². The standard InChI is InChI=1S/C46H88O5Si2/c1-36(24-20-26-38(3)34-50-52(15,16)42(4,5)6)22-19-23-37(2)25-21-27-40-45(12)30-29-41(51-53(17,18)43(7,8)9)44(10,11)39(45)28-31-46(40,13)49-35-48-33-32-47-14/h22,25-26,39-41H,19-21,23-24,27-35H2,1-18H3/b36-22+,37-25+,38-26+/t39-,40+,41-,45-,46+/m0/s1. The van der Waals surface area contributed by atoms with Gasteiger partial charge < -0.3 is 23.1 Å². The zero-order valence-corrected chi connectivity index (χ0v) is 40.4. The molecule has 0 aromatic rings. The Morgan fingerprint density at radius 3 is 1.81 bits per heavy atom. The van der Waals surface area contributed by atoms with Gasteiger partial charge in [-0.1, -0.05) is 97.3 Å². The first-order valence-corrected chi connectivity index (χ1v) is 27.0. The number of hydrogen-bond acceptors (Lipinski definition) is 5. The van der Waals surface area contributed by atoms with Crippen LogP contribution in [0.5, 0.6) is 0 Å². The van der Waals surface area contributed by atoms with E-state index in [4.69, 9.17) is 23.1 Å². The number of fused-ring (bicyclic) bond motifs is 1. The van der Waals surface area contributed by atoms with Crippen LogP contribution in [0.1, 0.15) is 154 Å². The van der Waals surface area contributed by atoms with Crippen LogP contribution in [0, 0.1) is 22.7 Å². The second kappa shape index (κ2) is 19.7. The van der Waals surface area contributed by atoms with Crippen molar-refractivity contribution in [1.82, 2.24) is 0 Å². The summed E-state index contributed by atoms with van der Waals surface area (Å²) >= 11 is 0. The van der Waals surface area contributed by atoms with Gasteiger partial charge in [0, 0.05) is 7.11 Å². The van der Waals surface area contributed by atoms with Gasteiger partial charge in [0.25, 0.3) is 0 Å². The van der Waals surface area contributed by atoms with E-state index >= 15 is 0 Å². The molecule has 0 heterocycles. The Hall–Kier alpha value is -0.546. The van der Waals surface area contributed by atoms with Crippen molar-refractivity contribution >= 4 is 16.6 Å². The molecular weight excluding hydrogens is 689 g/mol. The number of ether oxygens (including phenoxy) is 3. The second-order valence-corrected chi connectivity index (χ2v) is 30.8. The molecule has 7 heteroatoms. The van der Waals surface area contributed by atoms with Crippen LogP contribution < -0.4 is 0 Å². The molecule has 53 heavy (non-hydrogen) atoms. The highest BCUT2D eigenvalue weighted by Crippen LogP contribution is 2.64. The fraction of sp³-hybridized carbons (Fsp3) is 0.870. The van der Waals surface area contributed by atoms with Crippen LogP contribution in [0.15, 0.2) is 34.9 Å². The fourth-order valence-electron chi connectivity index (χ4n) is 8.78. The molecule has 0 spiro atoms. The highest BCUT2D eigenvalue weighted by molar-refractivity contribution is 6.74. The summed E-state index contributed by atoms with van der Waals surface area (Å²) in [5.41, 5.74) is 4.43. The first-order chi connectivity index (χ1) is 24.2. The molecule has 310 valence electrons. The zero-order valence-electron chi connectivity index (χ0n) is 38.4. The summed E-state index contributed by atoms with van der Waals surface area (Å²) < 4.78 is 31.5. The van der Waals surface area contributed by atoms with Gasteiger partial charge in [-0.25, -0.2) is 0 Å². The molecule has 0 unspecified atom stereocenters. The minimum atomic E-state index is -1.88. The van der Waals surface area contributed by atoms with Crippen molar-refractivity contribution in [3.05, 3.63) is 34.9 Å². The third-order valence-electron chi connectivity index (χ3n) is 14.6. The number of methoxy groups -OCH3 is 1. The van der Waals surface area contributed by atoms with E-state index in [1.165, 1.54) is 29.6 Å². The molecule has 0 aromatic carbocycles. The van der Waals surface area contributed by atoms with Crippen LogP contribution in [0.4, 0.5) is 0 Å². The van der Waals surface area contributed by atoms with Gasteiger partial charge in [0.05, 0.1) is 31.5 Å². The summed E-state index contributed by atoms with van der Waals surface area (Å²) in [6.45, 7) is 42.7. The first kappa shape index (κ1) is 48.6. The molecule has 5 atom stereocenters. The normalized spacial score (nSPS) is 28.0. The molecule has 0 aromatic heterocycles. The quantitative estimate of drug-likeness (QED) is 0.0533. The molecular formula is C46H88O5Si2. The van der Waals surface area contributed by atoms with Crippen molar-refractivity contribution in [2.24, 2.45) is 22.7 Å². The fourth-order valence-corrected chi connectivity index (χ4v) is 11.3. The number of hydrogen-bond donors (Lipinski definition) is 0. The maximum atomic E-state index is 7.23. The van der Waals surface area contributed by atoms with E-state index in [1.54, 1.807) is 7.11 Å². The summed E-state index contributed by atoms with van der Waals surface area (Å²) in [6, 6.07) is 0. The number of allylic oxidation sites excluding steroid dienone is 5. The second-order valence-electron chi connectivity index (χ2n) is 21.2. The van der Waals surface area contributed by atoms with E-state index in [1.807, 2.05) is 0 Å². The van der Waals surface area contributed by atoms with Gasteiger partial charge in [-0.15, -0.1) is 0 Å². The lowest BCUT2D eigenvalue weighted by molar-refractivity contribution is -0.237. The average molecular weight is 777 g/mol. The van der Waals surface area contributed by atoms with Crippen LogP contribution in [-0.4, -0.2) is 62.1 Å². The van der Waals surface area contributed by atoms with Crippen molar-refractivity contribution in [2.45, 2.75) is 202 Å². The van der Waals surface area contributed by atoms with Crippen molar-refractivity contribution in [2.75, 3.05) is 33.7 Å². The van der Waals surface area contributed by atoms with E-state index in [0.717, 1.165) is 58.0 Å². The van der Waals surface area contributed by atoms with Crippen molar-refractivity contribution in [1.29, 1.82) is 0 Å². The molecule has 0 radical (unpaired) electrons. The summed E-state index contributed by atoms with van der Waals surface area (Å²) in [5, 5.41) is 0.464. The predicted octanol–water partition coefficient (Wildman–Crippen LogP) is 13.8. The molecule has 2 fully saturated rings. The summed E-state index contributed by atoms with van der Waals surface area (Å²) in [4.78, 5) is 0. The molecule has 0 bridgehead atoms. The topological polar surface area (TPSA) is 46.2 Å². The first-order valence-electron chi connectivity index (χ1n) is 21.2. The van der Waals surface area contributed by atoms with Gasteiger partial charge in [-0.3, -0.25) is 0 Å². The lowest BCUT2D eigenvalue weighted by Crippen LogP contribution is -2.62. The third kappa shape index (κ3) is 13.5. The van der Waals surface area contributed by atoms with Crippen LogP contribution in [0.3, 0.4) is 0 Å². The van der Waals surface area contributed by atoms with Crippen LogP contribution in [-0.2, 0) is 23.1 Å². The van der Waals surface area contributed by atoms with E-state index in [-0.39, 0.29) is 26.5 Å². The van der Waals surface area contributed by atoms with Gasteiger partial charge in [-0.2, -0.15) is 0 Å². The Bertz CT molecular complexity index is 1220. The minimum absolute atomic E-state index is 0.111. The van der Waals surface area contributed by atoms with E-state index in [9.17, 15) is 0 Å². The molecule has 0 N–H and O–H groups in total. The van der Waals surface area contributed by atoms with Crippen LogP contribution in [0.25, 0.3) is 0 Å². The molecule has 0 amide bonds. The molecule has 2 saturated carbocycles. The number of rotatable bonds is 20. The van der Waals surface area contributed by atoms with Gasteiger partial charge in [0.15, 0.2) is 16.6 Å². The van der Waals surface area contributed by atoms with Gasteiger partial charge in [0.2, 0.25) is 0 Å². The third-order valence-corrected chi connectivity index (χ3v) is 23.5. The minimum Gasteiger partial charge on any atom is -0.413 e. The molecule has 2 aliphatic carbocycles. The lowest BCUT2D eigenvalue weighted by Gasteiger charge is -2.64. The molecule has 2 aliphatic rings. The Balaban J connectivity index is 2.09. The maximum Gasteiger partial charge on any atom is 0.192 e. The Labute approximate surface area is 332 Å². The summed E-state index contributed by atoms with van der Waals surface area (Å²) in [6.07, 6.45) is 18.9. The van der Waals surface area contributed by atoms with Gasteiger partial charge in [0.1, 0.15) is 6.79 Å². The monoisotopic (exact) mass is 777 g/mol. The largest absolute Gasteiger partial charge is 0.413 e. The maximum absolute atomic E-state index is 7.23. The molecule has 0 aliphatic heterocycles.